The van der Waals surface area contributed by atoms with E-state index in [2.05, 4.69) is 60.4 Å². The predicted molar refractivity (Wildman–Crippen MR) is 131 cm³/mol. The van der Waals surface area contributed by atoms with Crippen LogP contribution in [0.25, 0.3) is 0 Å². The van der Waals surface area contributed by atoms with Gasteiger partial charge in [-0.25, -0.2) is 0 Å². The monoisotopic (exact) mass is 446 g/mol. The van der Waals surface area contributed by atoms with E-state index in [1.165, 1.54) is 11.1 Å². The molecule has 2 atom stereocenters. The fraction of sp³-hybridized carbons (Fsp3) is 0.458. The van der Waals surface area contributed by atoms with Crippen LogP contribution in [0.5, 0.6) is 0 Å². The average Bonchev–Trinajstić information content (AvgIpc) is 3.28. The smallest absolute Gasteiger partial charge is 0.0693 e. The van der Waals surface area contributed by atoms with Crippen molar-refractivity contribution < 1.29 is 0 Å². The molecule has 0 bridgehead atoms. The van der Waals surface area contributed by atoms with Crippen LogP contribution in [0.1, 0.15) is 51.3 Å². The Bertz CT molecular complexity index is 874. The van der Waals surface area contributed by atoms with Crippen LogP contribution in [0.3, 0.4) is 0 Å². The minimum Gasteiger partial charge on any atom is -0.370 e. The van der Waals surface area contributed by atoms with Gasteiger partial charge in [0.1, 0.15) is 0 Å². The van der Waals surface area contributed by atoms with E-state index in [-0.39, 0.29) is 5.92 Å². The van der Waals surface area contributed by atoms with E-state index in [1.54, 1.807) is 11.9 Å². The fourth-order valence-electron chi connectivity index (χ4n) is 3.66. The van der Waals surface area contributed by atoms with Gasteiger partial charge in [0.2, 0.25) is 0 Å². The molecule has 2 aromatic rings. The third kappa shape index (κ3) is 5.64. The Morgan fingerprint density at radius 1 is 1.40 bits per heavy atom. The van der Waals surface area contributed by atoms with E-state index in [4.69, 9.17) is 11.6 Å². The van der Waals surface area contributed by atoms with E-state index >= 15 is 0 Å². The van der Waals surface area contributed by atoms with Crippen molar-refractivity contribution in [3.05, 3.63) is 70.8 Å². The van der Waals surface area contributed by atoms with Crippen LogP contribution >= 0.6 is 23.5 Å². The van der Waals surface area contributed by atoms with Gasteiger partial charge in [-0.05, 0) is 48.4 Å². The molecule has 1 aromatic heterocycles. The van der Waals surface area contributed by atoms with Crippen LogP contribution in [0, 0.1) is 12.8 Å². The highest BCUT2D eigenvalue weighted by Crippen LogP contribution is 2.36. The van der Waals surface area contributed by atoms with Crippen molar-refractivity contribution in [3.63, 3.8) is 0 Å². The van der Waals surface area contributed by atoms with Gasteiger partial charge >= 0.3 is 0 Å². The molecule has 6 heteroatoms. The molecule has 1 aliphatic rings. The summed E-state index contributed by atoms with van der Waals surface area (Å²) in [6.45, 7) is 16.9. The molecule has 1 fully saturated rings. The summed E-state index contributed by atoms with van der Waals surface area (Å²) in [5, 5.41) is 5.11. The van der Waals surface area contributed by atoms with E-state index in [0.29, 0.717) is 5.92 Å². The molecule has 1 aliphatic heterocycles. The van der Waals surface area contributed by atoms with Gasteiger partial charge in [-0.1, -0.05) is 64.1 Å². The maximum absolute atomic E-state index is 6.46. The summed E-state index contributed by atoms with van der Waals surface area (Å²) < 4.78 is 5.29. The van der Waals surface area contributed by atoms with Gasteiger partial charge in [0, 0.05) is 43.0 Å². The molecule has 0 radical (unpaired) electrons. The molecule has 0 aliphatic carbocycles. The molecule has 1 aromatic carbocycles. The van der Waals surface area contributed by atoms with E-state index in [0.717, 1.165) is 40.8 Å². The molecule has 1 saturated heterocycles. The number of nitrogens with zero attached hydrogens (tertiary/aromatic N) is 3. The number of rotatable bonds is 7. The highest BCUT2D eigenvalue weighted by atomic mass is 35.5. The number of nitrogens with one attached hydrogen (secondary N) is 1. The third-order valence-electron chi connectivity index (χ3n) is 5.60. The Kier molecular flexibility index (Phi) is 9.37. The molecular weight excluding hydrogens is 412 g/mol. The Hall–Kier alpha value is -1.85. The van der Waals surface area contributed by atoms with Crippen molar-refractivity contribution in [2.75, 3.05) is 13.1 Å². The molecule has 0 amide bonds. The minimum atomic E-state index is 0.251. The van der Waals surface area contributed by atoms with Gasteiger partial charge in [0.05, 0.1) is 16.8 Å². The third-order valence-corrected chi connectivity index (χ3v) is 6.80. The number of aromatic nitrogens is 2. The zero-order valence-corrected chi connectivity index (χ0v) is 20.6. The topological polar surface area (TPSA) is 33.1 Å². The second-order valence-corrected chi connectivity index (χ2v) is 8.70. The lowest BCUT2D eigenvalue weighted by molar-refractivity contribution is 0.379. The van der Waals surface area contributed by atoms with Crippen molar-refractivity contribution in [2.24, 2.45) is 13.0 Å². The van der Waals surface area contributed by atoms with Crippen LogP contribution in [0.2, 0.25) is 5.02 Å². The van der Waals surface area contributed by atoms with Crippen molar-refractivity contribution >= 4 is 23.5 Å². The van der Waals surface area contributed by atoms with Gasteiger partial charge in [0.25, 0.3) is 0 Å². The molecular formula is C24H35ClN4S. The highest BCUT2D eigenvalue weighted by molar-refractivity contribution is 7.97. The van der Waals surface area contributed by atoms with Crippen molar-refractivity contribution in [3.8, 4) is 0 Å². The number of benzene rings is 1. The number of hydrogen-bond donors (Lipinski definition) is 1. The quantitative estimate of drug-likeness (QED) is 0.489. The molecule has 0 saturated carbocycles. The SMILES string of the molecule is C=C(C(CC)c1ccccc1Cl)N1C/C(=C/NSc2cnn(C)c2C)C(C)C1.CC. The van der Waals surface area contributed by atoms with Crippen LogP contribution in [-0.2, 0) is 7.05 Å². The second-order valence-electron chi connectivity index (χ2n) is 7.41. The number of aryl methyl sites for hydroxylation is 1. The number of allylic oxidation sites excluding steroid dienone is 1. The summed E-state index contributed by atoms with van der Waals surface area (Å²) in [4.78, 5) is 3.55. The first-order valence-corrected chi connectivity index (χ1v) is 11.9. The van der Waals surface area contributed by atoms with E-state index in [9.17, 15) is 0 Å². The zero-order chi connectivity index (χ0) is 22.3. The molecule has 4 nitrogen and oxygen atoms in total. The first-order chi connectivity index (χ1) is 14.4. The predicted octanol–water partition coefficient (Wildman–Crippen LogP) is 6.55. The van der Waals surface area contributed by atoms with Gasteiger partial charge in [-0.15, -0.1) is 0 Å². The van der Waals surface area contributed by atoms with E-state index < -0.39 is 0 Å². The number of likely N-dealkylation sites (tertiary alicyclic amines) is 1. The van der Waals surface area contributed by atoms with Crippen molar-refractivity contribution in [1.82, 2.24) is 19.4 Å². The summed E-state index contributed by atoms with van der Waals surface area (Å²) >= 11 is 8.06. The van der Waals surface area contributed by atoms with Gasteiger partial charge < -0.3 is 9.62 Å². The Labute approximate surface area is 191 Å². The summed E-state index contributed by atoms with van der Waals surface area (Å²) in [5.74, 6) is 0.740. The lowest BCUT2D eigenvalue weighted by atomic mass is 9.93. The van der Waals surface area contributed by atoms with Crippen LogP contribution in [0.4, 0.5) is 0 Å². The summed E-state index contributed by atoms with van der Waals surface area (Å²) in [7, 11) is 1.96. The number of hydrogen-bond acceptors (Lipinski definition) is 4. The Balaban J connectivity index is 0.00000155. The Morgan fingerprint density at radius 2 is 2.10 bits per heavy atom. The van der Waals surface area contributed by atoms with Crippen LogP contribution < -0.4 is 4.72 Å². The fourth-order valence-corrected chi connectivity index (χ4v) is 4.64. The molecule has 30 heavy (non-hydrogen) atoms. The zero-order valence-electron chi connectivity index (χ0n) is 19.1. The first kappa shape index (κ1) is 24.4. The highest BCUT2D eigenvalue weighted by Gasteiger charge is 2.28. The van der Waals surface area contributed by atoms with Crippen molar-refractivity contribution in [1.29, 1.82) is 0 Å². The average molecular weight is 447 g/mol. The lowest BCUT2D eigenvalue weighted by Gasteiger charge is -2.28. The van der Waals surface area contributed by atoms with Gasteiger partial charge in [-0.2, -0.15) is 5.10 Å². The second kappa shape index (κ2) is 11.5. The van der Waals surface area contributed by atoms with E-state index in [1.807, 2.05) is 43.9 Å². The molecule has 2 unspecified atom stereocenters. The van der Waals surface area contributed by atoms with Crippen LogP contribution in [0.15, 0.2) is 59.4 Å². The number of halogens is 1. The summed E-state index contributed by atoms with van der Waals surface area (Å²) in [6.07, 6.45) is 5.03. The largest absolute Gasteiger partial charge is 0.370 e. The molecule has 2 heterocycles. The molecule has 3 rings (SSSR count). The Morgan fingerprint density at radius 3 is 2.70 bits per heavy atom. The van der Waals surface area contributed by atoms with Crippen molar-refractivity contribution in [2.45, 2.75) is 51.9 Å². The lowest BCUT2D eigenvalue weighted by Crippen LogP contribution is -2.23. The van der Waals surface area contributed by atoms with Crippen LogP contribution in [-0.4, -0.2) is 27.8 Å². The standard InChI is InChI=1S/C22H29ClN4S.C2H6/c1-6-19(20-9-7-8-10-21(20)23)16(3)27-13-15(2)18(14-27)11-25-28-22-12-24-26(5)17(22)4;1-2/h7-12,15,19,25H,3,6,13-14H2,1-2,4-5H3;1-2H3/b18-11-;. The molecule has 0 spiro atoms. The maximum Gasteiger partial charge on any atom is 0.0693 e. The summed E-state index contributed by atoms with van der Waals surface area (Å²) in [6, 6.07) is 8.11. The first-order valence-electron chi connectivity index (χ1n) is 10.7. The normalized spacial score (nSPS) is 18.2. The minimum absolute atomic E-state index is 0.251. The maximum atomic E-state index is 6.46. The molecule has 1 N–H and O–H groups in total. The van der Waals surface area contributed by atoms with Gasteiger partial charge in [-0.3, -0.25) is 4.68 Å². The summed E-state index contributed by atoms with van der Waals surface area (Å²) in [5.41, 5.74) is 4.88. The molecule has 164 valence electrons. The van der Waals surface area contributed by atoms with Gasteiger partial charge in [0.15, 0.2) is 0 Å².